The van der Waals surface area contributed by atoms with E-state index >= 15 is 0 Å². The highest BCUT2D eigenvalue weighted by Gasteiger charge is 2.21. The van der Waals surface area contributed by atoms with Gasteiger partial charge in [0.15, 0.2) is 0 Å². The first kappa shape index (κ1) is 16.1. The smallest absolute Gasteiger partial charge is 0.287 e. The maximum absolute atomic E-state index is 12.5. The fourth-order valence-electron chi connectivity index (χ4n) is 2.62. The molecular formula is C19H19NO4. The largest absolute Gasteiger partial charge is 0.497 e. The molecule has 2 N–H and O–H groups in total. The number of rotatable bonds is 6. The number of furan rings is 1. The van der Waals surface area contributed by atoms with Crippen LogP contribution in [-0.2, 0) is 0 Å². The molecular weight excluding hydrogens is 306 g/mol. The Morgan fingerprint density at radius 1 is 1.21 bits per heavy atom. The highest BCUT2D eigenvalue weighted by Crippen LogP contribution is 2.36. The Kier molecular flexibility index (Phi) is 4.82. The van der Waals surface area contributed by atoms with E-state index in [-0.39, 0.29) is 18.3 Å². The molecule has 3 aromatic rings. The zero-order valence-corrected chi connectivity index (χ0v) is 13.4. The number of hydrogen-bond donors (Lipinski definition) is 2. The van der Waals surface area contributed by atoms with E-state index in [2.05, 4.69) is 5.32 Å². The zero-order valence-electron chi connectivity index (χ0n) is 13.4. The third-order valence-electron chi connectivity index (χ3n) is 3.79. The van der Waals surface area contributed by atoms with Crippen molar-refractivity contribution in [1.82, 2.24) is 5.32 Å². The van der Waals surface area contributed by atoms with Crippen molar-refractivity contribution in [1.29, 1.82) is 0 Å². The van der Waals surface area contributed by atoms with Crippen LogP contribution < -0.4 is 10.1 Å². The van der Waals surface area contributed by atoms with Crippen LogP contribution in [0.2, 0.25) is 0 Å². The van der Waals surface area contributed by atoms with Gasteiger partial charge in [0.1, 0.15) is 11.3 Å². The van der Waals surface area contributed by atoms with Crippen molar-refractivity contribution in [3.8, 4) is 16.9 Å². The number of methoxy groups -OCH3 is 1. The van der Waals surface area contributed by atoms with Crippen LogP contribution in [0.4, 0.5) is 0 Å². The lowest BCUT2D eigenvalue weighted by Crippen LogP contribution is -2.25. The molecule has 0 saturated carbocycles. The van der Waals surface area contributed by atoms with E-state index in [1.807, 2.05) is 42.5 Å². The van der Waals surface area contributed by atoms with E-state index in [1.54, 1.807) is 13.2 Å². The number of aliphatic hydroxyl groups excluding tert-OH is 1. The van der Waals surface area contributed by atoms with Gasteiger partial charge in [-0.3, -0.25) is 4.79 Å². The summed E-state index contributed by atoms with van der Waals surface area (Å²) in [6.07, 6.45) is 0.500. The normalized spacial score (nSPS) is 10.8. The van der Waals surface area contributed by atoms with Crippen molar-refractivity contribution >= 4 is 16.9 Å². The van der Waals surface area contributed by atoms with Crippen LogP contribution in [0.15, 0.2) is 52.9 Å². The van der Waals surface area contributed by atoms with Gasteiger partial charge in [0.2, 0.25) is 5.76 Å². The Labute approximate surface area is 139 Å². The highest BCUT2D eigenvalue weighted by atomic mass is 16.5. The summed E-state index contributed by atoms with van der Waals surface area (Å²) in [6.45, 7) is 0.424. The molecule has 0 aliphatic heterocycles. The predicted octanol–water partition coefficient (Wildman–Crippen LogP) is 3.22. The molecule has 1 amide bonds. The van der Waals surface area contributed by atoms with Gasteiger partial charge in [-0.25, -0.2) is 0 Å². The van der Waals surface area contributed by atoms with E-state index in [0.717, 1.165) is 16.5 Å². The van der Waals surface area contributed by atoms with Crippen LogP contribution in [0.3, 0.4) is 0 Å². The second kappa shape index (κ2) is 7.19. The summed E-state index contributed by atoms with van der Waals surface area (Å²) >= 11 is 0. The zero-order chi connectivity index (χ0) is 16.9. The summed E-state index contributed by atoms with van der Waals surface area (Å²) in [5.74, 6) is 0.642. The van der Waals surface area contributed by atoms with Gasteiger partial charge in [0.25, 0.3) is 5.91 Å². The van der Waals surface area contributed by atoms with Crippen molar-refractivity contribution in [3.63, 3.8) is 0 Å². The molecule has 0 fully saturated rings. The average molecular weight is 325 g/mol. The van der Waals surface area contributed by atoms with Gasteiger partial charge < -0.3 is 19.6 Å². The van der Waals surface area contributed by atoms with Crippen molar-refractivity contribution in [2.24, 2.45) is 0 Å². The maximum Gasteiger partial charge on any atom is 0.287 e. The molecule has 0 unspecified atom stereocenters. The lowest BCUT2D eigenvalue weighted by molar-refractivity contribution is 0.0926. The summed E-state index contributed by atoms with van der Waals surface area (Å²) in [4.78, 5) is 12.5. The summed E-state index contributed by atoms with van der Waals surface area (Å²) < 4.78 is 11.1. The number of nitrogens with one attached hydrogen (secondary N) is 1. The first-order valence-electron chi connectivity index (χ1n) is 7.79. The Balaban J connectivity index is 2.10. The van der Waals surface area contributed by atoms with Crippen LogP contribution in [0.5, 0.6) is 5.75 Å². The number of fused-ring (bicyclic) bond motifs is 1. The molecule has 24 heavy (non-hydrogen) atoms. The van der Waals surface area contributed by atoms with Crippen LogP contribution >= 0.6 is 0 Å². The Morgan fingerprint density at radius 3 is 2.71 bits per heavy atom. The van der Waals surface area contributed by atoms with Gasteiger partial charge in [-0.05, 0) is 24.1 Å². The molecule has 0 spiro atoms. The molecule has 1 aromatic heterocycles. The first-order chi connectivity index (χ1) is 11.7. The van der Waals surface area contributed by atoms with E-state index < -0.39 is 0 Å². The molecule has 0 saturated heterocycles. The second-order valence-electron chi connectivity index (χ2n) is 5.37. The monoisotopic (exact) mass is 325 g/mol. The molecule has 5 heteroatoms. The van der Waals surface area contributed by atoms with Crippen molar-refractivity contribution < 1.29 is 19.1 Å². The Bertz CT molecular complexity index is 839. The Morgan fingerprint density at radius 2 is 2.00 bits per heavy atom. The first-order valence-corrected chi connectivity index (χ1v) is 7.79. The topological polar surface area (TPSA) is 71.7 Å². The highest BCUT2D eigenvalue weighted by molar-refractivity contribution is 6.08. The van der Waals surface area contributed by atoms with Crippen LogP contribution in [-0.4, -0.2) is 31.3 Å². The molecule has 0 aliphatic carbocycles. The fourth-order valence-corrected chi connectivity index (χ4v) is 2.62. The average Bonchev–Trinajstić information content (AvgIpc) is 3.01. The van der Waals surface area contributed by atoms with E-state index in [0.29, 0.717) is 24.3 Å². The van der Waals surface area contributed by atoms with Gasteiger partial charge in [-0.15, -0.1) is 0 Å². The van der Waals surface area contributed by atoms with E-state index in [1.165, 1.54) is 0 Å². The molecule has 0 aliphatic rings. The second-order valence-corrected chi connectivity index (χ2v) is 5.37. The number of hydrogen-bond acceptors (Lipinski definition) is 4. The van der Waals surface area contributed by atoms with E-state index in [9.17, 15) is 4.79 Å². The summed E-state index contributed by atoms with van der Waals surface area (Å²) in [7, 11) is 1.59. The number of benzene rings is 2. The Hall–Kier alpha value is -2.79. The minimum atomic E-state index is -0.294. The van der Waals surface area contributed by atoms with Gasteiger partial charge in [-0.2, -0.15) is 0 Å². The van der Waals surface area contributed by atoms with Crippen LogP contribution in [0, 0.1) is 0 Å². The van der Waals surface area contributed by atoms with Gasteiger partial charge in [-0.1, -0.05) is 30.3 Å². The summed E-state index contributed by atoms with van der Waals surface area (Å²) in [6, 6.07) is 15.2. The number of amides is 1. The number of carbonyl (C=O) groups excluding carboxylic acids is 1. The SMILES string of the molecule is COc1ccc2c(-c3ccccc3)c(C(=O)NCCCO)oc2c1. The molecule has 3 rings (SSSR count). The van der Waals surface area contributed by atoms with Crippen LogP contribution in [0.25, 0.3) is 22.1 Å². The fraction of sp³-hybridized carbons (Fsp3) is 0.211. The lowest BCUT2D eigenvalue weighted by Gasteiger charge is -2.05. The van der Waals surface area contributed by atoms with Crippen LogP contribution in [0.1, 0.15) is 17.0 Å². The molecule has 0 atom stereocenters. The summed E-state index contributed by atoms with van der Waals surface area (Å²) in [5.41, 5.74) is 2.27. The third-order valence-corrected chi connectivity index (χ3v) is 3.79. The van der Waals surface area contributed by atoms with Gasteiger partial charge >= 0.3 is 0 Å². The van der Waals surface area contributed by atoms with E-state index in [4.69, 9.17) is 14.3 Å². The molecule has 124 valence electrons. The van der Waals surface area contributed by atoms with Crippen molar-refractivity contribution in [3.05, 3.63) is 54.3 Å². The van der Waals surface area contributed by atoms with Crippen molar-refractivity contribution in [2.75, 3.05) is 20.3 Å². The van der Waals surface area contributed by atoms with Crippen molar-refractivity contribution in [2.45, 2.75) is 6.42 Å². The molecule has 0 bridgehead atoms. The molecule has 1 heterocycles. The standard InChI is InChI=1S/C19H19NO4/c1-23-14-8-9-15-16(12-14)24-18(19(22)20-10-5-11-21)17(15)13-6-3-2-4-7-13/h2-4,6-9,12,21H,5,10-11H2,1H3,(H,20,22). The minimum absolute atomic E-state index is 0.0309. The molecule has 2 aromatic carbocycles. The van der Waals surface area contributed by atoms with Gasteiger partial charge in [0.05, 0.1) is 7.11 Å². The summed E-state index contributed by atoms with van der Waals surface area (Å²) in [5, 5.41) is 12.5. The molecule has 5 nitrogen and oxygen atoms in total. The molecule has 0 radical (unpaired) electrons. The number of carbonyl (C=O) groups is 1. The number of ether oxygens (including phenoxy) is 1. The van der Waals surface area contributed by atoms with Gasteiger partial charge in [0, 0.05) is 30.2 Å². The maximum atomic E-state index is 12.5. The minimum Gasteiger partial charge on any atom is -0.497 e. The number of aliphatic hydroxyl groups is 1. The predicted molar refractivity (Wildman–Crippen MR) is 92.2 cm³/mol. The third kappa shape index (κ3) is 3.12. The quantitative estimate of drug-likeness (QED) is 0.683. The lowest BCUT2D eigenvalue weighted by atomic mass is 10.0.